The van der Waals surface area contributed by atoms with E-state index in [2.05, 4.69) is 20.8 Å². The van der Waals surface area contributed by atoms with Crippen molar-refractivity contribution in [3.8, 4) is 11.4 Å². The maximum atomic E-state index is 12.0. The van der Waals surface area contributed by atoms with Crippen LogP contribution >= 0.6 is 11.3 Å². The normalized spacial score (nSPS) is 12.2. The van der Waals surface area contributed by atoms with Gasteiger partial charge in [-0.1, -0.05) is 30.3 Å². The fourth-order valence-electron chi connectivity index (χ4n) is 2.19. The molecule has 0 aliphatic carbocycles. The maximum absolute atomic E-state index is 12.0. The number of urea groups is 1. The third-order valence-corrected chi connectivity index (χ3v) is 4.58. The quantitative estimate of drug-likeness (QED) is 0.649. The van der Waals surface area contributed by atoms with Crippen LogP contribution in [0.2, 0.25) is 0 Å². The molecule has 7 heteroatoms. The first-order chi connectivity index (χ1) is 12.6. The minimum Gasteiger partial charge on any atom is -0.335 e. The van der Waals surface area contributed by atoms with Crippen LogP contribution in [0, 0.1) is 0 Å². The maximum Gasteiger partial charge on any atom is 0.319 e. The molecule has 2 heterocycles. The minimum absolute atomic E-state index is 0.119. The van der Waals surface area contributed by atoms with E-state index in [0.29, 0.717) is 17.4 Å². The first kappa shape index (κ1) is 17.9. The summed E-state index contributed by atoms with van der Waals surface area (Å²) in [5, 5.41) is 11.7. The first-order valence-electron chi connectivity index (χ1n) is 8.37. The summed E-state index contributed by atoms with van der Waals surface area (Å²) in [6.07, 6.45) is 4.58. The van der Waals surface area contributed by atoms with Gasteiger partial charge in [0.25, 0.3) is 5.89 Å². The Morgan fingerprint density at radius 2 is 2.19 bits per heavy atom. The van der Waals surface area contributed by atoms with E-state index in [1.807, 2.05) is 61.7 Å². The van der Waals surface area contributed by atoms with Gasteiger partial charge in [0.15, 0.2) is 0 Å². The molecule has 0 saturated heterocycles. The van der Waals surface area contributed by atoms with E-state index in [1.54, 1.807) is 17.4 Å². The average molecular weight is 368 g/mol. The highest BCUT2D eigenvalue weighted by Crippen LogP contribution is 2.21. The Labute approximate surface area is 155 Å². The van der Waals surface area contributed by atoms with E-state index in [0.717, 1.165) is 16.9 Å². The number of anilines is 1. The lowest BCUT2D eigenvalue weighted by molar-refractivity contribution is 0.249. The van der Waals surface area contributed by atoms with Gasteiger partial charge in [-0.05, 0) is 43.0 Å². The van der Waals surface area contributed by atoms with Crippen LogP contribution in [0.5, 0.6) is 0 Å². The Morgan fingerprint density at radius 1 is 1.31 bits per heavy atom. The largest absolute Gasteiger partial charge is 0.335 e. The first-order valence-corrected chi connectivity index (χ1v) is 9.25. The predicted molar refractivity (Wildman–Crippen MR) is 105 cm³/mol. The third kappa shape index (κ3) is 4.80. The van der Waals surface area contributed by atoms with E-state index in [9.17, 15) is 4.79 Å². The summed E-state index contributed by atoms with van der Waals surface area (Å²) < 4.78 is 5.26. The smallest absolute Gasteiger partial charge is 0.319 e. The van der Waals surface area contributed by atoms with Crippen LogP contribution in [0.15, 0.2) is 46.3 Å². The van der Waals surface area contributed by atoms with Gasteiger partial charge >= 0.3 is 6.03 Å². The van der Waals surface area contributed by atoms with Gasteiger partial charge in [-0.2, -0.15) is 4.98 Å². The Morgan fingerprint density at radius 3 is 2.96 bits per heavy atom. The van der Waals surface area contributed by atoms with Gasteiger partial charge in [0.1, 0.15) is 0 Å². The minimum atomic E-state index is -0.232. The Kier molecular flexibility index (Phi) is 5.80. The predicted octanol–water partition coefficient (Wildman–Crippen LogP) is 4.89. The standard InChI is InChI=1S/C19H20N4O2S/c1-3-13(2)20-19(24)21-15-7-4-6-14(12-15)18-22-17(25-23-18)10-9-16-8-5-11-26-16/h4-13H,3H2,1-2H3,(H2,20,21,24)/b10-9+/t13-/m1/s1. The number of rotatable bonds is 6. The molecule has 3 rings (SSSR count). The van der Waals surface area contributed by atoms with Gasteiger partial charge < -0.3 is 15.2 Å². The second kappa shape index (κ2) is 8.44. The van der Waals surface area contributed by atoms with Gasteiger partial charge in [-0.15, -0.1) is 11.3 Å². The van der Waals surface area contributed by atoms with Gasteiger partial charge in [0.2, 0.25) is 5.82 Å². The van der Waals surface area contributed by atoms with Crippen LogP contribution in [-0.2, 0) is 0 Å². The summed E-state index contributed by atoms with van der Waals surface area (Å²) in [6, 6.07) is 11.2. The number of thiophene rings is 1. The van der Waals surface area contributed by atoms with Crippen molar-refractivity contribution in [1.82, 2.24) is 15.5 Å². The molecule has 6 nitrogen and oxygen atoms in total. The van der Waals surface area contributed by atoms with Crippen molar-refractivity contribution in [3.63, 3.8) is 0 Å². The van der Waals surface area contributed by atoms with E-state index >= 15 is 0 Å². The number of amides is 2. The van der Waals surface area contributed by atoms with Crippen LogP contribution in [-0.4, -0.2) is 22.2 Å². The number of nitrogens with one attached hydrogen (secondary N) is 2. The summed E-state index contributed by atoms with van der Waals surface area (Å²) >= 11 is 1.64. The molecule has 134 valence electrons. The highest BCUT2D eigenvalue weighted by atomic mass is 32.1. The summed E-state index contributed by atoms with van der Waals surface area (Å²) in [4.78, 5) is 17.4. The third-order valence-electron chi connectivity index (χ3n) is 3.74. The number of aromatic nitrogens is 2. The van der Waals surface area contributed by atoms with Crippen molar-refractivity contribution in [2.24, 2.45) is 0 Å². The number of nitrogens with zero attached hydrogens (tertiary/aromatic N) is 2. The number of carbonyl (C=O) groups is 1. The fraction of sp³-hybridized carbons (Fsp3) is 0.211. The summed E-state index contributed by atoms with van der Waals surface area (Å²) in [7, 11) is 0. The lowest BCUT2D eigenvalue weighted by atomic mass is 10.2. The molecular formula is C19H20N4O2S. The molecule has 0 aliphatic heterocycles. The van der Waals surface area contributed by atoms with Crippen molar-refractivity contribution < 1.29 is 9.32 Å². The van der Waals surface area contributed by atoms with Crippen molar-refractivity contribution in [2.75, 3.05) is 5.32 Å². The zero-order chi connectivity index (χ0) is 18.4. The Bertz CT molecular complexity index is 887. The Balaban J connectivity index is 1.69. The second-order valence-electron chi connectivity index (χ2n) is 5.79. The lowest BCUT2D eigenvalue weighted by Gasteiger charge is -2.12. The van der Waals surface area contributed by atoms with Gasteiger partial charge in [0, 0.05) is 28.2 Å². The number of benzene rings is 1. The van der Waals surface area contributed by atoms with Crippen molar-refractivity contribution in [2.45, 2.75) is 26.3 Å². The molecular weight excluding hydrogens is 348 g/mol. The molecule has 0 aliphatic rings. The van der Waals surface area contributed by atoms with E-state index in [1.165, 1.54) is 0 Å². The molecule has 1 aromatic carbocycles. The zero-order valence-corrected chi connectivity index (χ0v) is 15.4. The molecule has 3 aromatic rings. The summed E-state index contributed by atoms with van der Waals surface area (Å²) in [5.74, 6) is 0.906. The molecule has 0 saturated carbocycles. The van der Waals surface area contributed by atoms with Gasteiger partial charge in [-0.3, -0.25) is 0 Å². The topological polar surface area (TPSA) is 80.0 Å². The molecule has 0 bridgehead atoms. The molecule has 2 amide bonds. The molecule has 1 atom stereocenters. The van der Waals surface area contributed by atoms with E-state index < -0.39 is 0 Å². The number of carbonyl (C=O) groups excluding carboxylic acids is 1. The number of hydrogen-bond donors (Lipinski definition) is 2. The molecule has 2 N–H and O–H groups in total. The number of hydrogen-bond acceptors (Lipinski definition) is 5. The monoisotopic (exact) mass is 368 g/mol. The van der Waals surface area contributed by atoms with Crippen LogP contribution in [0.4, 0.5) is 10.5 Å². The van der Waals surface area contributed by atoms with Crippen molar-refractivity contribution in [1.29, 1.82) is 0 Å². The van der Waals surface area contributed by atoms with Crippen LogP contribution in [0.3, 0.4) is 0 Å². The summed E-state index contributed by atoms with van der Waals surface area (Å²) in [6.45, 7) is 3.98. The Hall–Kier alpha value is -2.93. The average Bonchev–Trinajstić information content (AvgIpc) is 3.31. The van der Waals surface area contributed by atoms with Crippen molar-refractivity contribution >= 4 is 35.2 Å². The molecule has 0 fully saturated rings. The van der Waals surface area contributed by atoms with Crippen LogP contribution < -0.4 is 10.6 Å². The molecule has 0 radical (unpaired) electrons. The highest BCUT2D eigenvalue weighted by molar-refractivity contribution is 7.10. The fourth-order valence-corrected chi connectivity index (χ4v) is 2.81. The molecule has 0 unspecified atom stereocenters. The molecule has 0 spiro atoms. The lowest BCUT2D eigenvalue weighted by Crippen LogP contribution is -2.35. The van der Waals surface area contributed by atoms with Crippen molar-refractivity contribution in [3.05, 3.63) is 52.5 Å². The van der Waals surface area contributed by atoms with Gasteiger partial charge in [-0.25, -0.2) is 4.79 Å². The molecule has 26 heavy (non-hydrogen) atoms. The van der Waals surface area contributed by atoms with E-state index in [4.69, 9.17) is 4.52 Å². The second-order valence-corrected chi connectivity index (χ2v) is 6.77. The summed E-state index contributed by atoms with van der Waals surface area (Å²) in [5.41, 5.74) is 1.44. The highest BCUT2D eigenvalue weighted by Gasteiger charge is 2.09. The van der Waals surface area contributed by atoms with Gasteiger partial charge in [0.05, 0.1) is 0 Å². The van der Waals surface area contributed by atoms with E-state index in [-0.39, 0.29) is 12.1 Å². The molecule has 2 aromatic heterocycles. The van der Waals surface area contributed by atoms with Crippen LogP contribution in [0.1, 0.15) is 31.0 Å². The zero-order valence-electron chi connectivity index (χ0n) is 14.6. The SMILES string of the molecule is CC[C@@H](C)NC(=O)Nc1cccc(-c2noc(/C=C/c3cccs3)n2)c1. The van der Waals surface area contributed by atoms with Crippen LogP contribution in [0.25, 0.3) is 23.5 Å².